The smallest absolute Gasteiger partial charge is 0.151 e. The molecule has 0 aromatic heterocycles. The van der Waals surface area contributed by atoms with E-state index in [-0.39, 0.29) is 21.8 Å². The summed E-state index contributed by atoms with van der Waals surface area (Å²) in [4.78, 5) is 0. The first-order valence-corrected chi connectivity index (χ1v) is 9.00. The van der Waals surface area contributed by atoms with Crippen LogP contribution in [0.4, 0.5) is 8.78 Å². The van der Waals surface area contributed by atoms with Gasteiger partial charge in [0, 0.05) is 28.7 Å². The number of ether oxygens (including phenoxy) is 1. The van der Waals surface area contributed by atoms with Crippen molar-refractivity contribution in [1.29, 1.82) is 10.8 Å². The van der Waals surface area contributed by atoms with E-state index in [0.717, 1.165) is 23.5 Å². The number of hydrogen-bond acceptors (Lipinski definition) is 5. The van der Waals surface area contributed by atoms with E-state index in [2.05, 4.69) is 0 Å². The fraction of sp³-hybridized carbons (Fsp3) is 0.125. The lowest BCUT2D eigenvalue weighted by molar-refractivity contribution is 0.466. The number of halogens is 2. The van der Waals surface area contributed by atoms with Gasteiger partial charge in [-0.25, -0.2) is 8.78 Å². The number of nitrogens with one attached hydrogen (secondary N) is 2. The number of rotatable bonds is 6. The SMILES string of the molecule is N=C(N)SCc1cc(F)ccc1Oc1cc(F)ccc1CSC(=N)N. The number of thioether (sulfide) groups is 2. The molecule has 6 N–H and O–H groups in total. The first-order chi connectivity index (χ1) is 11.8. The fourth-order valence-electron chi connectivity index (χ4n) is 1.93. The molecule has 0 spiro atoms. The summed E-state index contributed by atoms with van der Waals surface area (Å²) in [6.07, 6.45) is 0. The highest BCUT2D eigenvalue weighted by Crippen LogP contribution is 2.33. The third-order valence-corrected chi connectivity index (χ3v) is 4.57. The van der Waals surface area contributed by atoms with Crippen LogP contribution in [0.2, 0.25) is 0 Å². The van der Waals surface area contributed by atoms with E-state index in [1.54, 1.807) is 6.07 Å². The van der Waals surface area contributed by atoms with Crippen LogP contribution >= 0.6 is 23.5 Å². The van der Waals surface area contributed by atoms with Gasteiger partial charge in [0.25, 0.3) is 0 Å². The van der Waals surface area contributed by atoms with Crippen LogP contribution in [0.15, 0.2) is 36.4 Å². The minimum atomic E-state index is -0.478. The summed E-state index contributed by atoms with van der Waals surface area (Å²) in [5.41, 5.74) is 11.8. The molecular formula is C16H16F2N4OS2. The van der Waals surface area contributed by atoms with Gasteiger partial charge in [-0.3, -0.25) is 10.8 Å². The second-order valence-corrected chi connectivity index (χ2v) is 6.95. The fourth-order valence-corrected chi connectivity index (χ4v) is 3.02. The predicted octanol–water partition coefficient (Wildman–Crippen LogP) is 4.01. The molecule has 2 aromatic carbocycles. The Bertz CT molecular complexity index is 802. The Morgan fingerprint density at radius 2 is 1.40 bits per heavy atom. The third kappa shape index (κ3) is 5.95. The van der Waals surface area contributed by atoms with Gasteiger partial charge in [-0.05, 0) is 24.3 Å². The molecule has 0 saturated heterocycles. The van der Waals surface area contributed by atoms with Crippen LogP contribution in [-0.4, -0.2) is 10.3 Å². The van der Waals surface area contributed by atoms with Crippen molar-refractivity contribution in [2.24, 2.45) is 11.5 Å². The lowest BCUT2D eigenvalue weighted by atomic mass is 10.2. The van der Waals surface area contributed by atoms with E-state index in [4.69, 9.17) is 27.0 Å². The molecule has 0 fully saturated rings. The Morgan fingerprint density at radius 1 is 0.840 bits per heavy atom. The number of amidine groups is 2. The lowest BCUT2D eigenvalue weighted by Crippen LogP contribution is -2.05. The van der Waals surface area contributed by atoms with Crippen molar-refractivity contribution < 1.29 is 13.5 Å². The normalized spacial score (nSPS) is 10.5. The van der Waals surface area contributed by atoms with Crippen molar-refractivity contribution in [2.75, 3.05) is 0 Å². The summed E-state index contributed by atoms with van der Waals surface area (Å²) in [7, 11) is 0. The highest BCUT2D eigenvalue weighted by Gasteiger charge is 2.12. The van der Waals surface area contributed by atoms with E-state index in [0.29, 0.717) is 22.6 Å². The second kappa shape index (κ2) is 8.72. The molecule has 2 rings (SSSR count). The van der Waals surface area contributed by atoms with Crippen LogP contribution in [-0.2, 0) is 11.5 Å². The second-order valence-electron chi connectivity index (χ2n) is 4.91. The summed E-state index contributed by atoms with van der Waals surface area (Å²) in [5, 5.41) is 14.4. The van der Waals surface area contributed by atoms with Crippen molar-refractivity contribution >= 4 is 33.9 Å². The monoisotopic (exact) mass is 382 g/mol. The molecule has 9 heteroatoms. The highest BCUT2D eigenvalue weighted by molar-refractivity contribution is 8.13. The number of hydrogen-bond donors (Lipinski definition) is 4. The summed E-state index contributed by atoms with van der Waals surface area (Å²) < 4.78 is 32.9. The Morgan fingerprint density at radius 3 is 2.04 bits per heavy atom. The van der Waals surface area contributed by atoms with Crippen LogP contribution in [0.3, 0.4) is 0 Å². The van der Waals surface area contributed by atoms with Gasteiger partial charge < -0.3 is 16.2 Å². The quantitative estimate of drug-likeness (QED) is 0.446. The van der Waals surface area contributed by atoms with E-state index < -0.39 is 11.6 Å². The summed E-state index contributed by atoms with van der Waals surface area (Å²) in [5.74, 6) is 0.259. The third-order valence-electron chi connectivity index (χ3n) is 3.04. The Balaban J connectivity index is 2.30. The van der Waals surface area contributed by atoms with E-state index >= 15 is 0 Å². The lowest BCUT2D eigenvalue weighted by Gasteiger charge is -2.14. The summed E-state index contributed by atoms with van der Waals surface area (Å²) >= 11 is 2.12. The zero-order valence-electron chi connectivity index (χ0n) is 13.0. The molecule has 0 aliphatic rings. The maximum absolute atomic E-state index is 13.6. The largest absolute Gasteiger partial charge is 0.457 e. The van der Waals surface area contributed by atoms with Crippen LogP contribution in [0.1, 0.15) is 11.1 Å². The Hall–Kier alpha value is -2.26. The standard InChI is InChI=1S/C16H16F2N4OS2/c17-11-3-4-13(10(5-11)8-25-16(21)22)23-14-6-12(18)2-1-9(14)7-24-15(19)20/h1-6H,7-8H2,(H3,19,20)(H3,21,22). The van der Waals surface area contributed by atoms with Crippen molar-refractivity contribution in [3.8, 4) is 11.5 Å². The molecule has 0 atom stereocenters. The molecule has 0 aliphatic carbocycles. The molecule has 0 radical (unpaired) electrons. The van der Waals surface area contributed by atoms with Crippen molar-refractivity contribution in [2.45, 2.75) is 11.5 Å². The maximum Gasteiger partial charge on any atom is 0.151 e. The molecule has 0 bridgehead atoms. The predicted molar refractivity (Wildman–Crippen MR) is 99.3 cm³/mol. The van der Waals surface area contributed by atoms with Gasteiger partial charge in [0.05, 0.1) is 0 Å². The minimum absolute atomic E-state index is 0.0596. The minimum Gasteiger partial charge on any atom is -0.457 e. The van der Waals surface area contributed by atoms with E-state index in [9.17, 15) is 8.78 Å². The number of nitrogens with two attached hydrogens (primary N) is 2. The highest BCUT2D eigenvalue weighted by atomic mass is 32.2. The van der Waals surface area contributed by atoms with Gasteiger partial charge in [0.15, 0.2) is 10.3 Å². The van der Waals surface area contributed by atoms with E-state index in [1.807, 2.05) is 0 Å². The van der Waals surface area contributed by atoms with Crippen molar-refractivity contribution in [1.82, 2.24) is 0 Å². The summed E-state index contributed by atoms with van der Waals surface area (Å²) in [6.45, 7) is 0. The maximum atomic E-state index is 13.6. The van der Waals surface area contributed by atoms with Gasteiger partial charge in [-0.2, -0.15) is 0 Å². The van der Waals surface area contributed by atoms with Crippen molar-refractivity contribution in [3.05, 3.63) is 59.2 Å². The molecule has 0 aliphatic heterocycles. The molecule has 25 heavy (non-hydrogen) atoms. The van der Waals surface area contributed by atoms with Crippen LogP contribution in [0, 0.1) is 22.5 Å². The molecule has 0 unspecified atom stereocenters. The Kier molecular flexibility index (Phi) is 6.65. The zero-order chi connectivity index (χ0) is 18.4. The van der Waals surface area contributed by atoms with Crippen LogP contribution < -0.4 is 16.2 Å². The van der Waals surface area contributed by atoms with Crippen LogP contribution in [0.5, 0.6) is 11.5 Å². The van der Waals surface area contributed by atoms with Crippen molar-refractivity contribution in [3.63, 3.8) is 0 Å². The first-order valence-electron chi connectivity index (χ1n) is 7.03. The Labute approximate surface area is 152 Å². The molecule has 0 saturated carbocycles. The first kappa shape index (κ1) is 19.1. The molecule has 5 nitrogen and oxygen atoms in total. The number of benzene rings is 2. The zero-order valence-corrected chi connectivity index (χ0v) is 14.6. The van der Waals surface area contributed by atoms with Gasteiger partial charge in [0.1, 0.15) is 23.1 Å². The molecule has 132 valence electrons. The van der Waals surface area contributed by atoms with Gasteiger partial charge in [-0.1, -0.05) is 29.6 Å². The topological polar surface area (TPSA) is 109 Å². The molecular weight excluding hydrogens is 366 g/mol. The molecule has 0 heterocycles. The van der Waals surface area contributed by atoms with Gasteiger partial charge in [0.2, 0.25) is 0 Å². The van der Waals surface area contributed by atoms with E-state index in [1.165, 1.54) is 30.3 Å². The molecule has 2 aromatic rings. The van der Waals surface area contributed by atoms with Gasteiger partial charge >= 0.3 is 0 Å². The molecule has 0 amide bonds. The van der Waals surface area contributed by atoms with Crippen LogP contribution in [0.25, 0.3) is 0 Å². The summed E-state index contributed by atoms with van der Waals surface area (Å²) in [6, 6.07) is 8.03. The average Bonchev–Trinajstić information content (AvgIpc) is 2.54. The van der Waals surface area contributed by atoms with Gasteiger partial charge in [-0.15, -0.1) is 0 Å². The average molecular weight is 382 g/mol.